The maximum absolute atomic E-state index is 12.0. The Morgan fingerprint density at radius 3 is 2.29 bits per heavy atom. The molecule has 5 heterocycles. The van der Waals surface area contributed by atoms with Crippen molar-refractivity contribution in [3.63, 3.8) is 0 Å². The topological polar surface area (TPSA) is 74.0 Å². The number of hydrogen-bond acceptors (Lipinski definition) is 6. The van der Waals surface area contributed by atoms with Gasteiger partial charge in [0.1, 0.15) is 18.8 Å². The van der Waals surface area contributed by atoms with Gasteiger partial charge < -0.3 is 28.2 Å². The fourth-order valence-corrected chi connectivity index (χ4v) is 6.35. The third-order valence-electron chi connectivity index (χ3n) is 8.41. The molecule has 1 aromatic heterocycles. The van der Waals surface area contributed by atoms with Gasteiger partial charge in [-0.05, 0) is 23.3 Å². The van der Waals surface area contributed by atoms with Gasteiger partial charge in [0.15, 0.2) is 29.0 Å². The Labute approximate surface area is 221 Å². The minimum Gasteiger partial charge on any atom is -0.484 e. The lowest BCUT2D eigenvalue weighted by Gasteiger charge is -2.51. The van der Waals surface area contributed by atoms with E-state index in [4.69, 9.17) is 18.6 Å². The number of oxazole rings is 1. The van der Waals surface area contributed by atoms with E-state index in [1.54, 1.807) is 6.20 Å². The summed E-state index contributed by atoms with van der Waals surface area (Å²) in [5.74, 6) is 3.96. The number of aromatic nitrogens is 1. The molecule has 2 bridgehead atoms. The summed E-state index contributed by atoms with van der Waals surface area (Å²) in [5, 5.41) is 12.0. The van der Waals surface area contributed by atoms with Gasteiger partial charge >= 0.3 is 0 Å². The van der Waals surface area contributed by atoms with Crippen molar-refractivity contribution >= 4 is 0 Å². The molecule has 3 fully saturated rings. The lowest BCUT2D eigenvalue weighted by Crippen LogP contribution is -2.64. The highest BCUT2D eigenvalue weighted by Gasteiger charge is 2.48. The minimum atomic E-state index is -1.47. The van der Waals surface area contributed by atoms with Crippen LogP contribution in [0.3, 0.4) is 0 Å². The molecular weight excluding hydrogens is 480 g/mol. The first-order chi connectivity index (χ1) is 18.6. The van der Waals surface area contributed by atoms with E-state index in [-0.39, 0.29) is 12.9 Å². The number of nitrogens with zero attached hydrogens (tertiary/aromatic N) is 2. The van der Waals surface area contributed by atoms with Crippen LogP contribution in [-0.4, -0.2) is 47.1 Å². The van der Waals surface area contributed by atoms with E-state index in [1.165, 1.54) is 0 Å². The number of ether oxygens (including phenoxy) is 3. The average Bonchev–Trinajstić information content (AvgIpc) is 3.64. The van der Waals surface area contributed by atoms with E-state index in [1.807, 2.05) is 78.9 Å². The monoisotopic (exact) mass is 511 g/mol. The van der Waals surface area contributed by atoms with Crippen molar-refractivity contribution < 1.29 is 28.2 Å². The van der Waals surface area contributed by atoms with Gasteiger partial charge in [-0.25, -0.2) is 4.98 Å². The van der Waals surface area contributed by atoms with Gasteiger partial charge in [-0.1, -0.05) is 60.7 Å². The number of aliphatic hydroxyl groups is 1. The second-order valence-corrected chi connectivity index (χ2v) is 10.7. The lowest BCUT2D eigenvalue weighted by atomic mass is 9.83. The van der Waals surface area contributed by atoms with Gasteiger partial charge in [-0.2, -0.15) is 0 Å². The van der Waals surface area contributed by atoms with Gasteiger partial charge in [0, 0.05) is 24.8 Å². The van der Waals surface area contributed by atoms with Crippen molar-refractivity contribution in [2.75, 3.05) is 26.4 Å². The van der Waals surface area contributed by atoms with Crippen molar-refractivity contribution in [1.82, 2.24) is 4.98 Å². The summed E-state index contributed by atoms with van der Waals surface area (Å²) in [6, 6.07) is 25.0. The number of rotatable bonds is 7. The van der Waals surface area contributed by atoms with Crippen LogP contribution >= 0.6 is 0 Å². The SMILES string of the molecule is OC(c1ccccc1)(c1ccccc1)c1ncc(C[N+]23CCC(CC2)[C@@H](Oc2ccc4c(c2)OCO4)C3)o1. The number of hydrogen-bond donors (Lipinski definition) is 1. The Morgan fingerprint density at radius 1 is 0.895 bits per heavy atom. The standard InChI is InChI=1S/C31H31N2O5/c34-31(23-7-3-1-4-8-23,24-9-5-2-6-10-24)30-32-18-26(38-30)19-33-15-13-22(14-16-33)29(20-33)37-25-11-12-27-28(17-25)36-21-35-27/h1-12,17-18,22,29,34H,13-16,19-21H2/q+1/t22?,29-,33?/m0/s1. The molecule has 0 unspecified atom stereocenters. The summed E-state index contributed by atoms with van der Waals surface area (Å²) < 4.78 is 24.8. The number of piperidine rings is 3. The van der Waals surface area contributed by atoms with E-state index in [9.17, 15) is 5.11 Å². The zero-order valence-electron chi connectivity index (χ0n) is 21.2. The smallest absolute Gasteiger partial charge is 0.236 e. The van der Waals surface area contributed by atoms with Crippen molar-refractivity contribution in [2.45, 2.75) is 31.1 Å². The van der Waals surface area contributed by atoms with E-state index < -0.39 is 5.60 Å². The fourth-order valence-electron chi connectivity index (χ4n) is 6.35. The summed E-state index contributed by atoms with van der Waals surface area (Å²) in [7, 11) is 0. The molecular formula is C31H31N2O5+. The second-order valence-electron chi connectivity index (χ2n) is 10.7. The lowest BCUT2D eigenvalue weighted by molar-refractivity contribution is -0.958. The zero-order chi connectivity index (χ0) is 25.6. The van der Waals surface area contributed by atoms with Crippen LogP contribution in [0.25, 0.3) is 0 Å². The van der Waals surface area contributed by atoms with E-state index in [0.717, 1.165) is 77.6 Å². The van der Waals surface area contributed by atoms with Crippen LogP contribution < -0.4 is 14.2 Å². The molecule has 4 aliphatic heterocycles. The van der Waals surface area contributed by atoms with Crippen LogP contribution in [0, 0.1) is 5.92 Å². The van der Waals surface area contributed by atoms with Crippen LogP contribution in [0.15, 0.2) is 89.5 Å². The van der Waals surface area contributed by atoms with Gasteiger partial charge in [-0.15, -0.1) is 0 Å². The summed E-state index contributed by atoms with van der Waals surface area (Å²) in [5.41, 5.74) is -0.0223. The zero-order valence-corrected chi connectivity index (χ0v) is 21.2. The summed E-state index contributed by atoms with van der Waals surface area (Å²) >= 11 is 0. The molecule has 194 valence electrons. The molecule has 7 nitrogen and oxygen atoms in total. The number of quaternary nitrogens is 1. The summed E-state index contributed by atoms with van der Waals surface area (Å²) in [6.07, 6.45) is 4.15. The maximum atomic E-state index is 12.0. The largest absolute Gasteiger partial charge is 0.484 e. The molecule has 1 N–H and O–H groups in total. The average molecular weight is 512 g/mol. The van der Waals surface area contributed by atoms with Crippen LogP contribution in [0.4, 0.5) is 0 Å². The van der Waals surface area contributed by atoms with Gasteiger partial charge in [0.05, 0.1) is 19.3 Å². The Balaban J connectivity index is 1.13. The van der Waals surface area contributed by atoms with Gasteiger partial charge in [-0.3, -0.25) is 0 Å². The first-order valence-corrected chi connectivity index (χ1v) is 13.3. The van der Waals surface area contributed by atoms with E-state index >= 15 is 0 Å². The molecule has 0 saturated carbocycles. The van der Waals surface area contributed by atoms with Crippen LogP contribution in [0.1, 0.15) is 35.6 Å². The van der Waals surface area contributed by atoms with E-state index in [2.05, 4.69) is 4.98 Å². The molecule has 0 aliphatic carbocycles. The molecule has 0 spiro atoms. The molecule has 3 aromatic carbocycles. The fraction of sp³-hybridized carbons (Fsp3) is 0.323. The second kappa shape index (κ2) is 9.19. The van der Waals surface area contributed by atoms with Crippen molar-refractivity contribution in [3.8, 4) is 17.2 Å². The number of fused-ring (bicyclic) bond motifs is 4. The third kappa shape index (κ3) is 4.03. The first kappa shape index (κ1) is 23.3. The highest BCUT2D eigenvalue weighted by Crippen LogP contribution is 2.41. The van der Waals surface area contributed by atoms with Crippen LogP contribution in [0.5, 0.6) is 17.2 Å². The molecule has 7 heteroatoms. The Morgan fingerprint density at radius 2 is 1.58 bits per heavy atom. The molecule has 0 amide bonds. The summed E-state index contributed by atoms with van der Waals surface area (Å²) in [4.78, 5) is 4.62. The molecule has 4 aliphatic rings. The van der Waals surface area contributed by atoms with Crippen LogP contribution in [0.2, 0.25) is 0 Å². The summed E-state index contributed by atoms with van der Waals surface area (Å²) in [6.45, 7) is 4.07. The maximum Gasteiger partial charge on any atom is 0.236 e. The molecule has 1 atom stereocenters. The molecule has 0 radical (unpaired) electrons. The third-order valence-corrected chi connectivity index (χ3v) is 8.41. The van der Waals surface area contributed by atoms with Crippen molar-refractivity contribution in [3.05, 3.63) is 108 Å². The van der Waals surface area contributed by atoms with Gasteiger partial charge in [0.25, 0.3) is 0 Å². The van der Waals surface area contributed by atoms with E-state index in [0.29, 0.717) is 11.8 Å². The number of benzene rings is 3. The van der Waals surface area contributed by atoms with Gasteiger partial charge in [0.2, 0.25) is 12.7 Å². The first-order valence-electron chi connectivity index (χ1n) is 13.3. The Hall–Kier alpha value is -3.81. The normalized spacial score (nSPS) is 23.9. The molecule has 4 aromatic rings. The predicted molar refractivity (Wildman–Crippen MR) is 140 cm³/mol. The van der Waals surface area contributed by atoms with Crippen LogP contribution in [-0.2, 0) is 12.1 Å². The minimum absolute atomic E-state index is 0.130. The molecule has 38 heavy (non-hydrogen) atoms. The van der Waals surface area contributed by atoms with Crippen molar-refractivity contribution in [2.24, 2.45) is 5.92 Å². The van der Waals surface area contributed by atoms with Crippen molar-refractivity contribution in [1.29, 1.82) is 0 Å². The Kier molecular flexibility index (Phi) is 5.64. The quantitative estimate of drug-likeness (QED) is 0.357. The molecule has 8 rings (SSSR count). The highest BCUT2D eigenvalue weighted by atomic mass is 16.7. The predicted octanol–water partition coefficient (Wildman–Crippen LogP) is 4.88. The Bertz CT molecular complexity index is 1370. The molecule has 3 saturated heterocycles. The highest BCUT2D eigenvalue weighted by molar-refractivity contribution is 5.47.